The highest BCUT2D eigenvalue weighted by atomic mass is 35.5. The van der Waals surface area contributed by atoms with Crippen molar-refractivity contribution < 1.29 is 9.59 Å². The molecule has 2 rings (SSSR count). The Bertz CT molecular complexity index is 815. The number of hydrogen-bond acceptors (Lipinski definition) is 2. The predicted molar refractivity (Wildman–Crippen MR) is 119 cm³/mol. The van der Waals surface area contributed by atoms with Crippen LogP contribution in [0.2, 0.25) is 5.02 Å². The molecule has 29 heavy (non-hydrogen) atoms. The summed E-state index contributed by atoms with van der Waals surface area (Å²) >= 11 is 6.36. The Morgan fingerprint density at radius 1 is 1.03 bits per heavy atom. The summed E-state index contributed by atoms with van der Waals surface area (Å²) in [5.74, 6) is -0.199. The minimum atomic E-state index is -0.619. The van der Waals surface area contributed by atoms with Crippen LogP contribution in [0.3, 0.4) is 0 Å². The Labute approximate surface area is 179 Å². The van der Waals surface area contributed by atoms with Crippen molar-refractivity contribution in [2.24, 2.45) is 0 Å². The van der Waals surface area contributed by atoms with Crippen LogP contribution in [0.4, 0.5) is 0 Å². The minimum Gasteiger partial charge on any atom is -0.350 e. The molecule has 0 aliphatic rings. The Hall–Kier alpha value is -2.33. The van der Waals surface area contributed by atoms with E-state index in [1.165, 1.54) is 0 Å². The second kappa shape index (κ2) is 10.4. The van der Waals surface area contributed by atoms with Gasteiger partial charge in [0.2, 0.25) is 11.8 Å². The number of nitrogens with one attached hydrogen (secondary N) is 1. The lowest BCUT2D eigenvalue weighted by molar-refractivity contribution is -0.142. The molecular weight excluding hydrogens is 384 g/mol. The number of halogens is 1. The molecule has 156 valence electrons. The van der Waals surface area contributed by atoms with Crippen molar-refractivity contribution in [3.63, 3.8) is 0 Å². The fourth-order valence-electron chi connectivity index (χ4n) is 3.17. The highest BCUT2D eigenvalue weighted by molar-refractivity contribution is 6.31. The highest BCUT2D eigenvalue weighted by Crippen LogP contribution is 2.21. The SMILES string of the molecule is CCCC(=O)N(Cc1ccccc1Cl)[C@@H](Cc1ccccc1)C(=O)NC(C)(C)C. The van der Waals surface area contributed by atoms with E-state index in [1.807, 2.05) is 76.2 Å². The summed E-state index contributed by atoms with van der Waals surface area (Å²) in [7, 11) is 0. The van der Waals surface area contributed by atoms with Gasteiger partial charge in [0.15, 0.2) is 0 Å². The molecular formula is C24H31ClN2O2. The zero-order valence-corrected chi connectivity index (χ0v) is 18.5. The third-order valence-corrected chi connectivity index (χ3v) is 4.90. The number of rotatable bonds is 8. The summed E-state index contributed by atoms with van der Waals surface area (Å²) in [6, 6.07) is 16.6. The molecule has 0 unspecified atom stereocenters. The molecule has 0 radical (unpaired) electrons. The number of nitrogens with zero attached hydrogens (tertiary/aromatic N) is 1. The number of carbonyl (C=O) groups is 2. The molecule has 0 aliphatic heterocycles. The molecule has 0 spiro atoms. The van der Waals surface area contributed by atoms with Crippen molar-refractivity contribution in [1.29, 1.82) is 0 Å². The second-order valence-electron chi connectivity index (χ2n) is 8.31. The molecule has 5 heteroatoms. The van der Waals surface area contributed by atoms with E-state index in [4.69, 9.17) is 11.6 Å². The van der Waals surface area contributed by atoms with Gasteiger partial charge in [-0.25, -0.2) is 0 Å². The Kier molecular flexibility index (Phi) is 8.27. The molecule has 1 N–H and O–H groups in total. The first-order chi connectivity index (χ1) is 13.7. The molecule has 2 aromatic rings. The van der Waals surface area contributed by atoms with Crippen molar-refractivity contribution in [2.75, 3.05) is 0 Å². The van der Waals surface area contributed by atoms with Crippen molar-refractivity contribution in [3.8, 4) is 0 Å². The van der Waals surface area contributed by atoms with Crippen LogP contribution in [-0.2, 0) is 22.6 Å². The lowest BCUT2D eigenvalue weighted by Gasteiger charge is -2.34. The Morgan fingerprint density at radius 2 is 1.66 bits per heavy atom. The van der Waals surface area contributed by atoms with Gasteiger partial charge in [0.25, 0.3) is 0 Å². The van der Waals surface area contributed by atoms with Crippen LogP contribution in [-0.4, -0.2) is 28.3 Å². The lowest BCUT2D eigenvalue weighted by Crippen LogP contribution is -2.54. The Morgan fingerprint density at radius 3 is 2.24 bits per heavy atom. The van der Waals surface area contributed by atoms with Crippen LogP contribution in [0.25, 0.3) is 0 Å². The van der Waals surface area contributed by atoms with Gasteiger partial charge in [0.05, 0.1) is 0 Å². The van der Waals surface area contributed by atoms with Crippen LogP contribution in [0.1, 0.15) is 51.7 Å². The zero-order chi connectivity index (χ0) is 21.4. The van der Waals surface area contributed by atoms with Crippen LogP contribution in [0, 0.1) is 0 Å². The third kappa shape index (κ3) is 7.21. The topological polar surface area (TPSA) is 49.4 Å². The van der Waals surface area contributed by atoms with E-state index in [0.29, 0.717) is 24.4 Å². The predicted octanol–water partition coefficient (Wildman–Crippen LogP) is 4.99. The smallest absolute Gasteiger partial charge is 0.243 e. The van der Waals surface area contributed by atoms with Crippen LogP contribution >= 0.6 is 11.6 Å². The highest BCUT2D eigenvalue weighted by Gasteiger charge is 2.32. The van der Waals surface area contributed by atoms with E-state index in [1.54, 1.807) is 11.0 Å². The van der Waals surface area contributed by atoms with E-state index in [9.17, 15) is 9.59 Å². The number of carbonyl (C=O) groups excluding carboxylic acids is 2. The molecule has 1 atom stereocenters. The summed E-state index contributed by atoms with van der Waals surface area (Å²) in [5.41, 5.74) is 1.45. The molecule has 0 saturated carbocycles. The van der Waals surface area contributed by atoms with Gasteiger partial charge in [-0.2, -0.15) is 0 Å². The first kappa shape index (κ1) is 23.0. The number of amides is 2. The Balaban J connectivity index is 2.41. The van der Waals surface area contributed by atoms with Gasteiger partial charge in [0, 0.05) is 29.9 Å². The van der Waals surface area contributed by atoms with Crippen molar-refractivity contribution in [3.05, 3.63) is 70.7 Å². The first-order valence-corrected chi connectivity index (χ1v) is 10.5. The summed E-state index contributed by atoms with van der Waals surface area (Å²) in [5, 5.41) is 3.65. The van der Waals surface area contributed by atoms with Gasteiger partial charge in [-0.15, -0.1) is 0 Å². The number of hydrogen-bond donors (Lipinski definition) is 1. The molecule has 0 saturated heterocycles. The van der Waals surface area contributed by atoms with E-state index >= 15 is 0 Å². The summed E-state index contributed by atoms with van der Waals surface area (Å²) < 4.78 is 0. The monoisotopic (exact) mass is 414 g/mol. The normalized spacial score (nSPS) is 12.3. The lowest BCUT2D eigenvalue weighted by atomic mass is 10.00. The standard InChI is InChI=1S/C24H31ClN2O2/c1-5-11-22(28)27(17-19-14-9-10-15-20(19)25)21(23(29)26-24(2,3)4)16-18-12-7-6-8-13-18/h6-10,12-15,21H,5,11,16-17H2,1-4H3,(H,26,29)/t21-/m0/s1. The van der Waals surface area contributed by atoms with E-state index in [2.05, 4.69) is 5.32 Å². The largest absolute Gasteiger partial charge is 0.350 e. The van der Waals surface area contributed by atoms with Gasteiger partial charge in [0.1, 0.15) is 6.04 Å². The van der Waals surface area contributed by atoms with Crippen LogP contribution < -0.4 is 5.32 Å². The first-order valence-electron chi connectivity index (χ1n) is 10.1. The quantitative estimate of drug-likeness (QED) is 0.661. The van der Waals surface area contributed by atoms with Crippen LogP contribution in [0.15, 0.2) is 54.6 Å². The van der Waals surface area contributed by atoms with E-state index in [-0.39, 0.29) is 11.8 Å². The molecule has 0 aliphatic carbocycles. The summed E-state index contributed by atoms with van der Waals surface area (Å²) in [4.78, 5) is 28.0. The average molecular weight is 415 g/mol. The molecule has 4 nitrogen and oxygen atoms in total. The fraction of sp³-hybridized carbons (Fsp3) is 0.417. The van der Waals surface area contributed by atoms with Gasteiger partial charge in [-0.05, 0) is 44.4 Å². The molecule has 0 fully saturated rings. The zero-order valence-electron chi connectivity index (χ0n) is 17.7. The maximum absolute atomic E-state index is 13.3. The van der Waals surface area contributed by atoms with Crippen molar-refractivity contribution in [1.82, 2.24) is 10.2 Å². The van der Waals surface area contributed by atoms with Crippen LogP contribution in [0.5, 0.6) is 0 Å². The van der Waals surface area contributed by atoms with Gasteiger partial charge in [-0.3, -0.25) is 9.59 Å². The van der Waals surface area contributed by atoms with Gasteiger partial charge >= 0.3 is 0 Å². The van der Waals surface area contributed by atoms with Gasteiger partial charge in [-0.1, -0.05) is 67.1 Å². The van der Waals surface area contributed by atoms with Crippen molar-refractivity contribution in [2.45, 2.75) is 65.1 Å². The molecule has 0 bridgehead atoms. The van der Waals surface area contributed by atoms with E-state index < -0.39 is 11.6 Å². The molecule has 0 aromatic heterocycles. The molecule has 2 aromatic carbocycles. The summed E-state index contributed by atoms with van der Waals surface area (Å²) in [6.07, 6.45) is 1.55. The maximum atomic E-state index is 13.3. The molecule has 0 heterocycles. The van der Waals surface area contributed by atoms with Crippen molar-refractivity contribution >= 4 is 23.4 Å². The third-order valence-electron chi connectivity index (χ3n) is 4.53. The minimum absolute atomic E-state index is 0.0441. The molecule has 2 amide bonds. The maximum Gasteiger partial charge on any atom is 0.243 e. The fourth-order valence-corrected chi connectivity index (χ4v) is 3.37. The van der Waals surface area contributed by atoms with E-state index in [0.717, 1.165) is 17.5 Å². The average Bonchev–Trinajstić information content (AvgIpc) is 2.65. The summed E-state index contributed by atoms with van der Waals surface area (Å²) in [6.45, 7) is 8.09. The number of benzene rings is 2. The van der Waals surface area contributed by atoms with Gasteiger partial charge < -0.3 is 10.2 Å². The second-order valence-corrected chi connectivity index (χ2v) is 8.72.